The molecule has 1 amide bonds. The van der Waals surface area contributed by atoms with Gasteiger partial charge in [0.2, 0.25) is 5.91 Å². The van der Waals surface area contributed by atoms with Crippen molar-refractivity contribution in [2.24, 2.45) is 0 Å². The second-order valence-electron chi connectivity index (χ2n) is 5.17. The number of hydrogen-bond donors (Lipinski definition) is 1. The van der Waals surface area contributed by atoms with Crippen LogP contribution in [0, 0.1) is 11.3 Å². The largest absolute Gasteiger partial charge is 0.310 e. The summed E-state index contributed by atoms with van der Waals surface area (Å²) in [4.78, 5) is 13.9. The molecule has 1 aromatic carbocycles. The molecular formula is C14H17N3O. The predicted molar refractivity (Wildman–Crippen MR) is 70.2 cm³/mol. The molecule has 0 aromatic heterocycles. The van der Waals surface area contributed by atoms with Crippen molar-refractivity contribution in [1.29, 1.82) is 5.26 Å². The van der Waals surface area contributed by atoms with E-state index in [1.54, 1.807) is 11.0 Å². The first-order chi connectivity index (χ1) is 8.53. The molecular weight excluding hydrogens is 226 g/mol. The number of anilines is 1. The Morgan fingerprint density at radius 3 is 2.83 bits per heavy atom. The molecule has 4 heteroatoms. The van der Waals surface area contributed by atoms with E-state index in [-0.39, 0.29) is 11.4 Å². The summed E-state index contributed by atoms with van der Waals surface area (Å²) in [5, 5.41) is 12.5. The van der Waals surface area contributed by atoms with E-state index in [9.17, 15) is 4.79 Å². The summed E-state index contributed by atoms with van der Waals surface area (Å²) in [6.45, 7) is 5.38. The normalized spacial score (nSPS) is 19.2. The zero-order valence-electron chi connectivity index (χ0n) is 10.7. The quantitative estimate of drug-likeness (QED) is 0.816. The molecule has 2 rings (SSSR count). The first kappa shape index (κ1) is 12.6. The molecule has 0 spiro atoms. The van der Waals surface area contributed by atoms with Crippen LogP contribution in [0.4, 0.5) is 5.69 Å². The minimum atomic E-state index is -0.144. The molecule has 0 saturated carbocycles. The van der Waals surface area contributed by atoms with Crippen LogP contribution < -0.4 is 10.2 Å². The fourth-order valence-corrected chi connectivity index (χ4v) is 2.21. The number of carbonyl (C=O) groups is 1. The zero-order chi connectivity index (χ0) is 13.2. The van der Waals surface area contributed by atoms with E-state index in [2.05, 4.69) is 25.2 Å². The van der Waals surface area contributed by atoms with Crippen molar-refractivity contribution in [3.63, 3.8) is 0 Å². The van der Waals surface area contributed by atoms with Crippen molar-refractivity contribution in [3.8, 4) is 6.07 Å². The van der Waals surface area contributed by atoms with Gasteiger partial charge in [0.05, 0.1) is 11.3 Å². The number of nitrogens with zero attached hydrogens (tertiary/aromatic N) is 2. The van der Waals surface area contributed by atoms with Gasteiger partial charge in [-0.15, -0.1) is 0 Å². The molecule has 18 heavy (non-hydrogen) atoms. The Bertz CT molecular complexity index is 502. The van der Waals surface area contributed by atoms with E-state index in [1.807, 2.05) is 18.2 Å². The van der Waals surface area contributed by atoms with Gasteiger partial charge in [-0.2, -0.15) is 5.26 Å². The molecule has 1 saturated heterocycles. The number of hydrogen-bond acceptors (Lipinski definition) is 3. The Morgan fingerprint density at radius 2 is 2.11 bits per heavy atom. The fraction of sp³-hybridized carbons (Fsp3) is 0.429. The number of benzene rings is 1. The SMILES string of the molecule is CC1(C)CN(c2ccccc2C#N)C(=O)CCN1. The zero-order valence-corrected chi connectivity index (χ0v) is 10.7. The highest BCUT2D eigenvalue weighted by atomic mass is 16.2. The third-order valence-corrected chi connectivity index (χ3v) is 3.11. The lowest BCUT2D eigenvalue weighted by Crippen LogP contribution is -2.47. The summed E-state index contributed by atoms with van der Waals surface area (Å²) in [5.41, 5.74) is 1.11. The van der Waals surface area contributed by atoms with Crippen molar-refractivity contribution in [1.82, 2.24) is 5.32 Å². The van der Waals surface area contributed by atoms with Gasteiger partial charge < -0.3 is 10.2 Å². The maximum Gasteiger partial charge on any atom is 0.228 e. The third kappa shape index (κ3) is 2.52. The monoisotopic (exact) mass is 243 g/mol. The second kappa shape index (κ2) is 4.79. The summed E-state index contributed by atoms with van der Waals surface area (Å²) in [7, 11) is 0. The lowest BCUT2D eigenvalue weighted by molar-refractivity contribution is -0.118. The first-order valence-electron chi connectivity index (χ1n) is 6.08. The molecule has 1 heterocycles. The van der Waals surface area contributed by atoms with E-state index >= 15 is 0 Å². The third-order valence-electron chi connectivity index (χ3n) is 3.11. The Labute approximate surface area is 107 Å². The predicted octanol–water partition coefficient (Wildman–Crippen LogP) is 1.66. The van der Waals surface area contributed by atoms with E-state index in [1.165, 1.54) is 0 Å². The molecule has 4 nitrogen and oxygen atoms in total. The summed E-state index contributed by atoms with van der Waals surface area (Å²) < 4.78 is 0. The van der Waals surface area contributed by atoms with E-state index in [4.69, 9.17) is 5.26 Å². The molecule has 0 aliphatic carbocycles. The minimum absolute atomic E-state index is 0.0655. The number of rotatable bonds is 1. The molecule has 94 valence electrons. The molecule has 1 N–H and O–H groups in total. The summed E-state index contributed by atoms with van der Waals surface area (Å²) in [6.07, 6.45) is 0.462. The Morgan fingerprint density at radius 1 is 1.39 bits per heavy atom. The number of carbonyl (C=O) groups excluding carboxylic acids is 1. The maximum absolute atomic E-state index is 12.1. The average Bonchev–Trinajstić information content (AvgIpc) is 2.48. The van der Waals surface area contributed by atoms with E-state index in [0.29, 0.717) is 30.8 Å². The van der Waals surface area contributed by atoms with Crippen LogP contribution in [-0.4, -0.2) is 24.5 Å². The van der Waals surface area contributed by atoms with Crippen LogP contribution in [-0.2, 0) is 4.79 Å². The summed E-state index contributed by atoms with van der Waals surface area (Å²) in [6, 6.07) is 9.39. The van der Waals surface area contributed by atoms with Gasteiger partial charge in [0.1, 0.15) is 6.07 Å². The highest BCUT2D eigenvalue weighted by Crippen LogP contribution is 2.24. The minimum Gasteiger partial charge on any atom is -0.310 e. The van der Waals surface area contributed by atoms with Crippen molar-refractivity contribution in [2.45, 2.75) is 25.8 Å². The van der Waals surface area contributed by atoms with Crippen LogP contribution in [0.3, 0.4) is 0 Å². The second-order valence-corrected chi connectivity index (χ2v) is 5.17. The van der Waals surface area contributed by atoms with Crippen LogP contribution in [0.1, 0.15) is 25.8 Å². The Balaban J connectivity index is 2.40. The first-order valence-corrected chi connectivity index (χ1v) is 6.08. The van der Waals surface area contributed by atoms with Crippen LogP contribution in [0.25, 0.3) is 0 Å². The van der Waals surface area contributed by atoms with Crippen LogP contribution in [0.15, 0.2) is 24.3 Å². The number of nitriles is 1. The maximum atomic E-state index is 12.1. The van der Waals surface area contributed by atoms with Gasteiger partial charge in [0.25, 0.3) is 0 Å². The highest BCUT2D eigenvalue weighted by Gasteiger charge is 2.29. The van der Waals surface area contributed by atoms with Crippen molar-refractivity contribution in [3.05, 3.63) is 29.8 Å². The molecule has 0 bridgehead atoms. The van der Waals surface area contributed by atoms with Gasteiger partial charge in [-0.25, -0.2) is 0 Å². The topological polar surface area (TPSA) is 56.1 Å². The fourth-order valence-electron chi connectivity index (χ4n) is 2.21. The lowest BCUT2D eigenvalue weighted by atomic mass is 10.0. The van der Waals surface area contributed by atoms with Crippen LogP contribution >= 0.6 is 0 Å². The molecule has 0 atom stereocenters. The summed E-state index contributed by atoms with van der Waals surface area (Å²) >= 11 is 0. The van der Waals surface area contributed by atoms with Gasteiger partial charge in [-0.05, 0) is 26.0 Å². The Kier molecular flexibility index (Phi) is 3.35. The Hall–Kier alpha value is -1.86. The molecule has 1 aliphatic heterocycles. The smallest absolute Gasteiger partial charge is 0.228 e. The van der Waals surface area contributed by atoms with Gasteiger partial charge in [-0.3, -0.25) is 4.79 Å². The molecule has 0 unspecified atom stereocenters. The average molecular weight is 243 g/mol. The lowest BCUT2D eigenvalue weighted by Gasteiger charge is -2.30. The van der Waals surface area contributed by atoms with Crippen molar-refractivity contribution in [2.75, 3.05) is 18.0 Å². The molecule has 1 aromatic rings. The highest BCUT2D eigenvalue weighted by molar-refractivity contribution is 5.95. The number of amides is 1. The van der Waals surface area contributed by atoms with Crippen LogP contribution in [0.5, 0.6) is 0 Å². The number of nitrogens with one attached hydrogen (secondary N) is 1. The standard InChI is InChI=1S/C14H17N3O/c1-14(2)10-17(13(18)7-8-16-14)12-6-4-3-5-11(12)9-15/h3-6,16H,7-8,10H2,1-2H3. The van der Waals surface area contributed by atoms with Gasteiger partial charge in [0.15, 0.2) is 0 Å². The van der Waals surface area contributed by atoms with Crippen molar-refractivity contribution >= 4 is 11.6 Å². The van der Waals surface area contributed by atoms with Gasteiger partial charge in [-0.1, -0.05) is 12.1 Å². The van der Waals surface area contributed by atoms with E-state index < -0.39 is 0 Å². The van der Waals surface area contributed by atoms with Crippen LogP contribution in [0.2, 0.25) is 0 Å². The molecule has 1 fully saturated rings. The van der Waals surface area contributed by atoms with Gasteiger partial charge >= 0.3 is 0 Å². The van der Waals surface area contributed by atoms with E-state index in [0.717, 1.165) is 0 Å². The van der Waals surface area contributed by atoms with Crippen molar-refractivity contribution < 1.29 is 4.79 Å². The number of para-hydroxylation sites is 1. The van der Waals surface area contributed by atoms with Gasteiger partial charge in [0, 0.05) is 25.0 Å². The molecule has 0 radical (unpaired) electrons. The summed E-state index contributed by atoms with van der Waals surface area (Å²) in [5.74, 6) is 0.0655. The molecule has 1 aliphatic rings.